The molecule has 5 nitrogen and oxygen atoms in total. The van der Waals surface area contributed by atoms with E-state index < -0.39 is 0 Å². The average Bonchev–Trinajstić information content (AvgIpc) is 2.90. The minimum Gasteiger partial charge on any atom is -0.489 e. The second-order valence-electron chi connectivity index (χ2n) is 8.99. The van der Waals surface area contributed by atoms with Gasteiger partial charge in [0.1, 0.15) is 18.6 Å². The molecule has 2 aromatic rings. The number of aldehydes is 1. The fourth-order valence-electron chi connectivity index (χ4n) is 2.17. The summed E-state index contributed by atoms with van der Waals surface area (Å²) < 4.78 is 5.78. The molecule has 0 saturated heterocycles. The molecule has 2 rings (SSSR count). The van der Waals surface area contributed by atoms with Gasteiger partial charge in [-0.1, -0.05) is 69.5 Å². The van der Waals surface area contributed by atoms with Gasteiger partial charge in [0, 0.05) is 43.2 Å². The first-order chi connectivity index (χ1) is 17.9. The fraction of sp³-hybridized carbons (Fsp3) is 0.452. The number of halogens is 2. The third kappa shape index (κ3) is 17.6. The van der Waals surface area contributed by atoms with Gasteiger partial charge in [-0.2, -0.15) is 5.26 Å². The quantitative estimate of drug-likeness (QED) is 0.152. The van der Waals surface area contributed by atoms with Gasteiger partial charge >= 0.3 is 0 Å². The van der Waals surface area contributed by atoms with Crippen molar-refractivity contribution in [3.8, 4) is 11.8 Å². The highest BCUT2D eigenvalue weighted by molar-refractivity contribution is 6.35. The lowest BCUT2D eigenvalue weighted by Gasteiger charge is -2.11. The van der Waals surface area contributed by atoms with E-state index in [0.717, 1.165) is 34.7 Å². The zero-order chi connectivity index (χ0) is 29.7. The molecule has 0 aliphatic heterocycles. The normalized spacial score (nSPS) is 10.5. The first kappa shape index (κ1) is 37.3. The highest BCUT2D eigenvalue weighted by atomic mass is 35.5. The summed E-state index contributed by atoms with van der Waals surface area (Å²) in [5.41, 5.74) is 3.44. The van der Waals surface area contributed by atoms with Gasteiger partial charge in [0.05, 0.1) is 11.9 Å². The maximum Gasteiger partial charge on any atom is 0.145 e. The Balaban J connectivity index is 0. The first-order valence-electron chi connectivity index (χ1n) is 12.7. The van der Waals surface area contributed by atoms with E-state index in [4.69, 9.17) is 33.2 Å². The number of aliphatic imine (C=N–C) groups is 1. The van der Waals surface area contributed by atoms with E-state index in [1.807, 2.05) is 70.1 Å². The van der Waals surface area contributed by atoms with Gasteiger partial charge in [-0.15, -0.1) is 0 Å². The molecule has 0 heterocycles. The van der Waals surface area contributed by atoms with Crippen LogP contribution in [-0.2, 0) is 11.4 Å². The van der Waals surface area contributed by atoms with Gasteiger partial charge in [0.2, 0.25) is 0 Å². The minimum atomic E-state index is 0.289. The summed E-state index contributed by atoms with van der Waals surface area (Å²) in [6.45, 7) is 14.5. The van der Waals surface area contributed by atoms with Gasteiger partial charge in [-0.05, 0) is 73.7 Å². The van der Waals surface area contributed by atoms with Crippen molar-refractivity contribution in [1.82, 2.24) is 4.90 Å². The van der Waals surface area contributed by atoms with Gasteiger partial charge in [0.25, 0.3) is 0 Å². The third-order valence-electron chi connectivity index (χ3n) is 5.21. The standard InChI is InChI=1S/C18H16Cl2O2.C5H12N2.C5H12.C3H5N/c1-12(10-21)8-14-9-15(7-6-13(14)2)22-11-16-17(19)4-3-5-18(16)20;1-5(6-2)7(3)4;1-4-5(2)3;1-2-3-4/h3-10H,11H2,1-2H3;1-4H3;5H,4H2,1-3H3;2H2,1H3/b12-8+;;;. The van der Waals surface area contributed by atoms with Crippen molar-refractivity contribution in [2.45, 2.75) is 67.9 Å². The van der Waals surface area contributed by atoms with Crippen molar-refractivity contribution in [2.24, 2.45) is 10.9 Å². The average molecular weight is 563 g/mol. The van der Waals surface area contributed by atoms with Crippen LogP contribution in [0.2, 0.25) is 10.0 Å². The Kier molecular flexibility index (Phi) is 21.8. The fourth-order valence-corrected chi connectivity index (χ4v) is 2.68. The van der Waals surface area contributed by atoms with Crippen LogP contribution >= 0.6 is 23.2 Å². The molecule has 0 aliphatic carbocycles. The first-order valence-corrected chi connectivity index (χ1v) is 13.4. The number of aryl methyl sites for hydroxylation is 1. The van der Waals surface area contributed by atoms with Crippen molar-refractivity contribution in [3.05, 3.63) is 68.7 Å². The van der Waals surface area contributed by atoms with Crippen LogP contribution in [0.25, 0.3) is 6.08 Å². The number of ether oxygens (including phenoxy) is 1. The summed E-state index contributed by atoms with van der Waals surface area (Å²) in [7, 11) is 5.74. The molecule has 0 unspecified atom stereocenters. The summed E-state index contributed by atoms with van der Waals surface area (Å²) in [6.07, 6.45) is 4.59. The van der Waals surface area contributed by atoms with Crippen molar-refractivity contribution in [1.29, 1.82) is 5.26 Å². The zero-order valence-corrected chi connectivity index (χ0v) is 26.2. The number of carbonyl (C=O) groups excluding carboxylic acids is 1. The lowest BCUT2D eigenvalue weighted by atomic mass is 10.1. The summed E-state index contributed by atoms with van der Waals surface area (Å²) >= 11 is 12.3. The number of rotatable bonds is 6. The van der Waals surface area contributed by atoms with E-state index in [1.165, 1.54) is 6.42 Å². The summed E-state index contributed by atoms with van der Waals surface area (Å²) in [4.78, 5) is 16.7. The Bertz CT molecular complexity index is 1040. The van der Waals surface area contributed by atoms with E-state index >= 15 is 0 Å². The number of amidine groups is 1. The number of hydrogen-bond donors (Lipinski definition) is 0. The molecule has 0 amide bonds. The smallest absolute Gasteiger partial charge is 0.145 e. The molecule has 0 fully saturated rings. The van der Waals surface area contributed by atoms with Crippen LogP contribution in [-0.4, -0.2) is 38.2 Å². The van der Waals surface area contributed by atoms with E-state index in [9.17, 15) is 4.79 Å². The van der Waals surface area contributed by atoms with E-state index in [0.29, 0.717) is 27.8 Å². The molecule has 210 valence electrons. The molecule has 7 heteroatoms. The lowest BCUT2D eigenvalue weighted by Crippen LogP contribution is -2.17. The number of allylic oxidation sites excluding steroid dienone is 1. The Morgan fingerprint density at radius 3 is 2.03 bits per heavy atom. The van der Waals surface area contributed by atoms with Crippen LogP contribution in [0.15, 0.2) is 47.0 Å². The SMILES string of the molecule is C/C(C=O)=C\c1cc(OCc2c(Cl)cccc2Cl)ccc1C.CCC#N.CCC(C)C.CN=C(C)N(C)C. The van der Waals surface area contributed by atoms with Gasteiger partial charge in [0.15, 0.2) is 0 Å². The monoisotopic (exact) mass is 561 g/mol. The van der Waals surface area contributed by atoms with Crippen molar-refractivity contribution in [3.63, 3.8) is 0 Å². The Morgan fingerprint density at radius 1 is 1.13 bits per heavy atom. The molecule has 0 aliphatic rings. The molecular weight excluding hydrogens is 517 g/mol. The van der Waals surface area contributed by atoms with Crippen LogP contribution in [0.3, 0.4) is 0 Å². The second kappa shape index (κ2) is 22.2. The number of carbonyl (C=O) groups is 1. The number of hydrogen-bond acceptors (Lipinski definition) is 4. The van der Waals surface area contributed by atoms with Crippen LogP contribution in [0.4, 0.5) is 0 Å². The molecular formula is C31H45Cl2N3O2. The number of nitriles is 1. The molecule has 0 radical (unpaired) electrons. The van der Waals surface area contributed by atoms with Crippen molar-refractivity contribution >= 4 is 41.4 Å². The summed E-state index contributed by atoms with van der Waals surface area (Å²) in [5, 5.41) is 8.79. The molecule has 2 aromatic carbocycles. The number of benzene rings is 2. The predicted octanol–water partition coefficient (Wildman–Crippen LogP) is 9.05. The highest BCUT2D eigenvalue weighted by Gasteiger charge is 2.07. The maximum absolute atomic E-state index is 10.8. The van der Waals surface area contributed by atoms with Gasteiger partial charge in [-0.3, -0.25) is 9.79 Å². The maximum atomic E-state index is 10.8. The summed E-state index contributed by atoms with van der Waals surface area (Å²) in [6, 6.07) is 13.0. The third-order valence-corrected chi connectivity index (χ3v) is 5.92. The van der Waals surface area contributed by atoms with Crippen LogP contribution < -0.4 is 4.74 Å². The largest absolute Gasteiger partial charge is 0.489 e. The zero-order valence-electron chi connectivity index (χ0n) is 24.7. The molecule has 0 aromatic heterocycles. The van der Waals surface area contributed by atoms with Crippen LogP contribution in [0.5, 0.6) is 5.75 Å². The van der Waals surface area contributed by atoms with Gasteiger partial charge in [-0.25, -0.2) is 0 Å². The molecule has 0 N–H and O–H groups in total. The number of nitrogens with zero attached hydrogens (tertiary/aromatic N) is 3. The molecule has 0 atom stereocenters. The van der Waals surface area contributed by atoms with E-state index in [-0.39, 0.29) is 6.61 Å². The van der Waals surface area contributed by atoms with Crippen molar-refractivity contribution < 1.29 is 9.53 Å². The topological polar surface area (TPSA) is 65.7 Å². The predicted molar refractivity (Wildman–Crippen MR) is 165 cm³/mol. The molecule has 0 spiro atoms. The van der Waals surface area contributed by atoms with E-state index in [2.05, 4.69) is 25.8 Å². The second-order valence-corrected chi connectivity index (χ2v) is 9.81. The Hall–Kier alpha value is -2.81. The van der Waals surface area contributed by atoms with Crippen LogP contribution in [0.1, 0.15) is 71.1 Å². The van der Waals surface area contributed by atoms with Crippen molar-refractivity contribution in [2.75, 3.05) is 21.1 Å². The molecule has 0 bridgehead atoms. The minimum absolute atomic E-state index is 0.289. The Labute approximate surface area is 241 Å². The molecule has 38 heavy (non-hydrogen) atoms. The Morgan fingerprint density at radius 2 is 1.66 bits per heavy atom. The van der Waals surface area contributed by atoms with Gasteiger partial charge < -0.3 is 9.64 Å². The van der Waals surface area contributed by atoms with Crippen LogP contribution in [0, 0.1) is 24.2 Å². The summed E-state index contributed by atoms with van der Waals surface area (Å²) in [5.74, 6) is 2.64. The van der Waals surface area contributed by atoms with E-state index in [1.54, 1.807) is 32.2 Å². The lowest BCUT2D eigenvalue weighted by molar-refractivity contribution is -0.104. The molecule has 0 saturated carbocycles. The highest BCUT2D eigenvalue weighted by Crippen LogP contribution is 2.27.